The summed E-state index contributed by atoms with van der Waals surface area (Å²) < 4.78 is 5.52. The summed E-state index contributed by atoms with van der Waals surface area (Å²) in [6, 6.07) is 7.85. The average Bonchev–Trinajstić information content (AvgIpc) is 2.75. The predicted octanol–water partition coefficient (Wildman–Crippen LogP) is 4.85. The third-order valence-corrected chi connectivity index (χ3v) is 5.24. The highest BCUT2D eigenvalue weighted by atomic mass is 16.6. The van der Waals surface area contributed by atoms with Crippen LogP contribution in [0.25, 0.3) is 17.0 Å². The van der Waals surface area contributed by atoms with Gasteiger partial charge in [0.1, 0.15) is 5.60 Å². The van der Waals surface area contributed by atoms with Crippen molar-refractivity contribution in [3.05, 3.63) is 59.6 Å². The van der Waals surface area contributed by atoms with Crippen molar-refractivity contribution in [1.82, 2.24) is 19.9 Å². The highest BCUT2D eigenvalue weighted by molar-refractivity contribution is 5.81. The summed E-state index contributed by atoms with van der Waals surface area (Å²) >= 11 is 0. The van der Waals surface area contributed by atoms with E-state index in [0.717, 1.165) is 33.4 Å². The minimum absolute atomic E-state index is 0.316. The van der Waals surface area contributed by atoms with Crippen molar-refractivity contribution >= 4 is 34.7 Å². The monoisotopic (exact) mass is 461 g/mol. The van der Waals surface area contributed by atoms with Gasteiger partial charge in [0.15, 0.2) is 0 Å². The third kappa shape index (κ3) is 6.08. The molecule has 0 atom stereocenters. The summed E-state index contributed by atoms with van der Waals surface area (Å²) in [5.74, 6) is 0.456. The zero-order chi connectivity index (χ0) is 24.5. The minimum atomic E-state index is -0.883. The van der Waals surface area contributed by atoms with E-state index < -0.39 is 11.2 Å². The summed E-state index contributed by atoms with van der Waals surface area (Å²) in [5, 5.41) is 14.1. The number of carbonyl (C=O) groups excluding carboxylic acids is 1. The maximum absolute atomic E-state index is 12.5. The van der Waals surface area contributed by atoms with Gasteiger partial charge in [0.05, 0.1) is 29.5 Å². The Morgan fingerprint density at radius 3 is 2.68 bits per heavy atom. The van der Waals surface area contributed by atoms with Crippen molar-refractivity contribution in [3.8, 4) is 0 Å². The lowest BCUT2D eigenvalue weighted by molar-refractivity contribution is 0.0222. The molecule has 1 aliphatic heterocycles. The minimum Gasteiger partial charge on any atom is -0.444 e. The molecule has 1 aliphatic rings. The van der Waals surface area contributed by atoms with E-state index in [2.05, 4.69) is 20.3 Å². The molecule has 178 valence electrons. The van der Waals surface area contributed by atoms with E-state index in [1.54, 1.807) is 37.2 Å². The molecule has 1 aromatic carbocycles. The first-order valence-corrected chi connectivity index (χ1v) is 11.4. The SMILES string of the molecule is CC(C)(O)/C=C/c1ccc2cnc(Nc3cnc4c(c3)CN(C(=O)OC(C)(C)C)CC4)nc2c1. The molecule has 8 heteroatoms. The number of amides is 1. The maximum atomic E-state index is 12.5. The smallest absolute Gasteiger partial charge is 0.410 e. The second kappa shape index (κ2) is 9.02. The van der Waals surface area contributed by atoms with E-state index in [0.29, 0.717) is 25.5 Å². The summed E-state index contributed by atoms with van der Waals surface area (Å²) in [6.07, 6.45) is 7.51. The van der Waals surface area contributed by atoms with E-state index in [9.17, 15) is 9.90 Å². The van der Waals surface area contributed by atoms with Crippen molar-refractivity contribution in [1.29, 1.82) is 0 Å². The van der Waals surface area contributed by atoms with Crippen molar-refractivity contribution < 1.29 is 14.6 Å². The number of hydrogen-bond acceptors (Lipinski definition) is 7. The molecular weight excluding hydrogens is 430 g/mol. The van der Waals surface area contributed by atoms with Crippen LogP contribution in [-0.2, 0) is 17.7 Å². The number of nitrogens with one attached hydrogen (secondary N) is 1. The van der Waals surface area contributed by atoms with Gasteiger partial charge in [-0.3, -0.25) is 4.98 Å². The van der Waals surface area contributed by atoms with Gasteiger partial charge in [0, 0.05) is 30.2 Å². The van der Waals surface area contributed by atoms with Gasteiger partial charge in [-0.05, 0) is 57.9 Å². The molecule has 2 aromatic heterocycles. The number of hydrogen-bond donors (Lipinski definition) is 2. The maximum Gasteiger partial charge on any atom is 0.410 e. The van der Waals surface area contributed by atoms with Crippen LogP contribution in [0.4, 0.5) is 16.4 Å². The van der Waals surface area contributed by atoms with Crippen molar-refractivity contribution in [3.63, 3.8) is 0 Å². The first kappa shape index (κ1) is 23.6. The zero-order valence-corrected chi connectivity index (χ0v) is 20.3. The largest absolute Gasteiger partial charge is 0.444 e. The molecule has 2 N–H and O–H groups in total. The number of rotatable bonds is 4. The number of nitrogens with zero attached hydrogens (tertiary/aromatic N) is 4. The van der Waals surface area contributed by atoms with Gasteiger partial charge in [-0.25, -0.2) is 14.8 Å². The molecule has 0 spiro atoms. The highest BCUT2D eigenvalue weighted by Crippen LogP contribution is 2.24. The Morgan fingerprint density at radius 2 is 1.94 bits per heavy atom. The Hall–Kier alpha value is -3.52. The molecule has 34 heavy (non-hydrogen) atoms. The van der Waals surface area contributed by atoms with E-state index in [1.165, 1.54) is 0 Å². The standard InChI is InChI=1S/C26H31N5O3/c1-25(2,3)34-24(32)31-11-9-21-19(16-31)13-20(15-27-21)29-23-28-14-18-7-6-17(12-22(18)30-23)8-10-26(4,5)33/h6-8,10,12-15,33H,9,11,16H2,1-5H3,(H,28,29,30)/b10-8+. The summed E-state index contributed by atoms with van der Waals surface area (Å²) in [5.41, 5.74) is 3.02. The molecule has 4 rings (SSSR count). The summed E-state index contributed by atoms with van der Waals surface area (Å²) in [4.78, 5) is 27.8. The second-order valence-corrected chi connectivity index (χ2v) is 10.1. The summed E-state index contributed by atoms with van der Waals surface area (Å²) in [7, 11) is 0. The normalized spacial score (nSPS) is 14.4. The molecule has 0 fully saturated rings. The number of benzene rings is 1. The van der Waals surface area contributed by atoms with Crippen molar-refractivity contribution in [2.45, 2.75) is 58.8 Å². The molecule has 1 amide bonds. The van der Waals surface area contributed by atoms with Crippen molar-refractivity contribution in [2.75, 3.05) is 11.9 Å². The predicted molar refractivity (Wildman–Crippen MR) is 133 cm³/mol. The molecule has 3 heterocycles. The number of aliphatic hydroxyl groups is 1. The Labute approximate surface area is 199 Å². The Bertz CT molecular complexity index is 1240. The Kier molecular flexibility index (Phi) is 6.27. The fourth-order valence-corrected chi connectivity index (χ4v) is 3.61. The topological polar surface area (TPSA) is 100 Å². The molecule has 0 unspecified atom stereocenters. The quantitative estimate of drug-likeness (QED) is 0.573. The van der Waals surface area contributed by atoms with E-state index in [1.807, 2.05) is 51.1 Å². The van der Waals surface area contributed by atoms with Gasteiger partial charge in [-0.1, -0.05) is 24.3 Å². The van der Waals surface area contributed by atoms with Gasteiger partial charge >= 0.3 is 6.09 Å². The number of aromatic nitrogens is 3. The lowest BCUT2D eigenvalue weighted by Crippen LogP contribution is -2.40. The van der Waals surface area contributed by atoms with Crippen LogP contribution >= 0.6 is 0 Å². The molecule has 3 aromatic rings. The van der Waals surface area contributed by atoms with Gasteiger partial charge in [0.2, 0.25) is 5.95 Å². The van der Waals surface area contributed by atoms with E-state index in [-0.39, 0.29) is 6.09 Å². The molecule has 0 bridgehead atoms. The van der Waals surface area contributed by atoms with Gasteiger partial charge in [0.25, 0.3) is 0 Å². The molecule has 0 saturated carbocycles. The number of ether oxygens (including phenoxy) is 1. The Balaban J connectivity index is 1.52. The number of fused-ring (bicyclic) bond motifs is 2. The number of pyridine rings is 1. The van der Waals surface area contributed by atoms with Crippen LogP contribution in [0.2, 0.25) is 0 Å². The number of carbonyl (C=O) groups is 1. The first-order valence-electron chi connectivity index (χ1n) is 11.4. The zero-order valence-electron chi connectivity index (χ0n) is 20.3. The second-order valence-electron chi connectivity index (χ2n) is 10.1. The number of anilines is 2. The van der Waals surface area contributed by atoms with Crippen LogP contribution in [0.3, 0.4) is 0 Å². The van der Waals surface area contributed by atoms with Crippen LogP contribution in [0, 0.1) is 0 Å². The van der Waals surface area contributed by atoms with Crippen LogP contribution < -0.4 is 5.32 Å². The van der Waals surface area contributed by atoms with Gasteiger partial charge in [-0.2, -0.15) is 0 Å². The highest BCUT2D eigenvalue weighted by Gasteiger charge is 2.26. The van der Waals surface area contributed by atoms with Crippen LogP contribution in [0.1, 0.15) is 51.4 Å². The van der Waals surface area contributed by atoms with Crippen LogP contribution in [0.15, 0.2) is 42.7 Å². The summed E-state index contributed by atoms with van der Waals surface area (Å²) in [6.45, 7) is 10.1. The molecule has 0 radical (unpaired) electrons. The first-order chi connectivity index (χ1) is 15.9. The molecule has 0 aliphatic carbocycles. The fraction of sp³-hybridized carbons (Fsp3) is 0.385. The molecule has 0 saturated heterocycles. The van der Waals surface area contributed by atoms with Crippen LogP contribution in [0.5, 0.6) is 0 Å². The van der Waals surface area contributed by atoms with Gasteiger partial charge < -0.3 is 20.1 Å². The Morgan fingerprint density at radius 1 is 1.15 bits per heavy atom. The van der Waals surface area contributed by atoms with E-state index in [4.69, 9.17) is 4.74 Å². The van der Waals surface area contributed by atoms with Crippen molar-refractivity contribution in [2.24, 2.45) is 0 Å². The molecular formula is C26H31N5O3. The average molecular weight is 462 g/mol. The lowest BCUT2D eigenvalue weighted by Gasteiger charge is -2.31. The van der Waals surface area contributed by atoms with E-state index >= 15 is 0 Å². The lowest BCUT2D eigenvalue weighted by atomic mass is 10.1. The fourth-order valence-electron chi connectivity index (χ4n) is 3.61. The third-order valence-electron chi connectivity index (χ3n) is 5.24. The molecule has 8 nitrogen and oxygen atoms in total. The van der Waals surface area contributed by atoms with Gasteiger partial charge in [-0.15, -0.1) is 0 Å². The van der Waals surface area contributed by atoms with Crippen LogP contribution in [-0.4, -0.2) is 48.8 Å².